The molecular weight excluding hydrogens is 238 g/mol. The molecule has 0 fully saturated rings. The first-order valence-corrected chi connectivity index (χ1v) is 5.98. The minimum atomic E-state index is 0.599. The van der Waals surface area contributed by atoms with E-state index in [-0.39, 0.29) is 0 Å². The number of fused-ring (bicyclic) bond motifs is 1. The summed E-state index contributed by atoms with van der Waals surface area (Å²) in [5.41, 5.74) is 0.967. The second-order valence-electron chi connectivity index (χ2n) is 3.20. The maximum Gasteiger partial charge on any atom is 0.171 e. The van der Waals surface area contributed by atoms with Crippen LogP contribution in [-0.4, -0.2) is 16.0 Å². The molecule has 2 aromatic rings. The number of rotatable bonds is 3. The lowest BCUT2D eigenvalue weighted by molar-refractivity contribution is 1.06. The highest BCUT2D eigenvalue weighted by atomic mass is 32.1. The van der Waals surface area contributed by atoms with Gasteiger partial charge in [-0.2, -0.15) is 4.37 Å². The van der Waals surface area contributed by atoms with Gasteiger partial charge < -0.3 is 10.6 Å². The van der Waals surface area contributed by atoms with Crippen molar-refractivity contribution in [2.24, 2.45) is 0 Å². The molecule has 0 bridgehead atoms. The molecule has 0 unspecified atom stereocenters. The van der Waals surface area contributed by atoms with Crippen LogP contribution in [-0.2, 0) is 0 Å². The number of hydrogen-bond acceptors (Lipinski definition) is 3. The average Bonchev–Trinajstić information content (AvgIpc) is 2.73. The van der Waals surface area contributed by atoms with Crippen molar-refractivity contribution in [2.45, 2.75) is 0 Å². The Balaban J connectivity index is 2.08. The van der Waals surface area contributed by atoms with Crippen LogP contribution in [0.15, 0.2) is 37.1 Å². The summed E-state index contributed by atoms with van der Waals surface area (Å²) in [6, 6.07) is 6.05. The molecule has 0 spiro atoms. The van der Waals surface area contributed by atoms with Gasteiger partial charge in [0.15, 0.2) is 5.11 Å². The molecule has 16 heavy (non-hydrogen) atoms. The van der Waals surface area contributed by atoms with Gasteiger partial charge in [-0.1, -0.05) is 6.08 Å². The van der Waals surface area contributed by atoms with Crippen molar-refractivity contribution in [3.05, 3.63) is 37.1 Å². The maximum absolute atomic E-state index is 5.12. The summed E-state index contributed by atoms with van der Waals surface area (Å²) in [5.74, 6) is 0. The van der Waals surface area contributed by atoms with Crippen LogP contribution < -0.4 is 10.6 Å². The van der Waals surface area contributed by atoms with Gasteiger partial charge in [-0.05, 0) is 41.9 Å². The zero-order valence-corrected chi connectivity index (χ0v) is 10.2. The van der Waals surface area contributed by atoms with Crippen molar-refractivity contribution in [3.8, 4) is 0 Å². The zero-order valence-electron chi connectivity index (χ0n) is 8.56. The number of hydrogen-bond donors (Lipinski definition) is 2. The summed E-state index contributed by atoms with van der Waals surface area (Å²) < 4.78 is 5.30. The topological polar surface area (TPSA) is 37.0 Å². The molecule has 0 amide bonds. The molecule has 3 nitrogen and oxygen atoms in total. The Hall–Kier alpha value is -1.46. The minimum absolute atomic E-state index is 0.599. The SMILES string of the molecule is C=CCNC(=S)Nc1ccc2sncc2c1. The Kier molecular flexibility index (Phi) is 3.48. The second kappa shape index (κ2) is 5.05. The van der Waals surface area contributed by atoms with E-state index >= 15 is 0 Å². The number of aromatic nitrogens is 1. The van der Waals surface area contributed by atoms with E-state index < -0.39 is 0 Å². The van der Waals surface area contributed by atoms with Crippen LogP contribution in [0.5, 0.6) is 0 Å². The molecule has 0 aliphatic carbocycles. The lowest BCUT2D eigenvalue weighted by atomic mass is 10.2. The maximum atomic E-state index is 5.12. The lowest BCUT2D eigenvalue weighted by Crippen LogP contribution is -2.28. The fraction of sp³-hybridized carbons (Fsp3) is 0.0909. The monoisotopic (exact) mass is 249 g/mol. The van der Waals surface area contributed by atoms with E-state index in [9.17, 15) is 0 Å². The smallest absolute Gasteiger partial charge is 0.171 e. The summed E-state index contributed by atoms with van der Waals surface area (Å²) in [4.78, 5) is 0. The summed E-state index contributed by atoms with van der Waals surface area (Å²) in [5, 5.41) is 7.85. The van der Waals surface area contributed by atoms with Gasteiger partial charge in [-0.3, -0.25) is 0 Å². The van der Waals surface area contributed by atoms with Crippen LogP contribution in [0.2, 0.25) is 0 Å². The molecule has 2 rings (SSSR count). The fourth-order valence-electron chi connectivity index (χ4n) is 1.29. The zero-order chi connectivity index (χ0) is 11.4. The quantitative estimate of drug-likeness (QED) is 0.648. The molecule has 82 valence electrons. The van der Waals surface area contributed by atoms with Gasteiger partial charge in [0.2, 0.25) is 0 Å². The van der Waals surface area contributed by atoms with Crippen molar-refractivity contribution >= 4 is 44.6 Å². The van der Waals surface area contributed by atoms with E-state index in [1.54, 1.807) is 6.08 Å². The van der Waals surface area contributed by atoms with E-state index in [0.717, 1.165) is 11.1 Å². The third kappa shape index (κ3) is 2.56. The fourth-order valence-corrected chi connectivity index (χ4v) is 2.12. The van der Waals surface area contributed by atoms with Crippen LogP contribution in [0.3, 0.4) is 0 Å². The molecular formula is C11H11N3S2. The first kappa shape index (κ1) is 11.0. The standard InChI is InChI=1S/C11H11N3S2/c1-2-5-12-11(15)14-9-3-4-10-8(6-9)7-13-16-10/h2-4,6-7H,1,5H2,(H2,12,14,15). The van der Waals surface area contributed by atoms with Gasteiger partial charge in [0.05, 0.1) is 4.70 Å². The molecule has 0 saturated heterocycles. The number of nitrogens with one attached hydrogen (secondary N) is 2. The number of thiocarbonyl (C=S) groups is 1. The van der Waals surface area contributed by atoms with Crippen LogP contribution in [0.1, 0.15) is 0 Å². The average molecular weight is 249 g/mol. The predicted octanol–water partition coefficient (Wildman–Crippen LogP) is 2.77. The number of anilines is 1. The van der Waals surface area contributed by atoms with E-state index in [0.29, 0.717) is 11.7 Å². The molecule has 0 atom stereocenters. The third-order valence-electron chi connectivity index (χ3n) is 2.02. The third-order valence-corrected chi connectivity index (χ3v) is 3.04. The van der Waals surface area contributed by atoms with E-state index in [1.807, 2.05) is 24.4 Å². The van der Waals surface area contributed by atoms with E-state index in [1.165, 1.54) is 16.2 Å². The first-order chi connectivity index (χ1) is 7.79. The summed E-state index contributed by atoms with van der Waals surface area (Å²) in [6.45, 7) is 4.28. The highest BCUT2D eigenvalue weighted by Crippen LogP contribution is 2.21. The Bertz CT molecular complexity index is 519. The van der Waals surface area contributed by atoms with Gasteiger partial charge in [0.1, 0.15) is 0 Å². The van der Waals surface area contributed by atoms with E-state index in [2.05, 4.69) is 21.6 Å². The number of benzene rings is 1. The van der Waals surface area contributed by atoms with Gasteiger partial charge in [0.25, 0.3) is 0 Å². The summed E-state index contributed by atoms with van der Waals surface area (Å²) in [6.07, 6.45) is 3.62. The van der Waals surface area contributed by atoms with Gasteiger partial charge in [0, 0.05) is 23.8 Å². The minimum Gasteiger partial charge on any atom is -0.359 e. The van der Waals surface area contributed by atoms with Gasteiger partial charge >= 0.3 is 0 Å². The molecule has 5 heteroatoms. The Labute approximate surface area is 103 Å². The molecule has 2 N–H and O–H groups in total. The highest BCUT2D eigenvalue weighted by Gasteiger charge is 1.99. The van der Waals surface area contributed by atoms with Crippen molar-refractivity contribution < 1.29 is 0 Å². The second-order valence-corrected chi connectivity index (χ2v) is 4.44. The van der Waals surface area contributed by atoms with Crippen LogP contribution in [0.4, 0.5) is 5.69 Å². The molecule has 0 aliphatic rings. The molecule has 1 aromatic heterocycles. The molecule has 0 saturated carbocycles. The van der Waals surface area contributed by atoms with Crippen molar-refractivity contribution in [2.75, 3.05) is 11.9 Å². The van der Waals surface area contributed by atoms with Gasteiger partial charge in [-0.25, -0.2) is 0 Å². The lowest BCUT2D eigenvalue weighted by Gasteiger charge is -2.08. The van der Waals surface area contributed by atoms with E-state index in [4.69, 9.17) is 12.2 Å². The van der Waals surface area contributed by atoms with Crippen LogP contribution in [0.25, 0.3) is 10.1 Å². The van der Waals surface area contributed by atoms with Crippen LogP contribution in [0, 0.1) is 0 Å². The Morgan fingerprint density at radius 2 is 2.44 bits per heavy atom. The summed E-state index contributed by atoms with van der Waals surface area (Å²) in [7, 11) is 0. The highest BCUT2D eigenvalue weighted by molar-refractivity contribution is 7.80. The molecule has 1 aromatic carbocycles. The molecule has 1 heterocycles. The Morgan fingerprint density at radius 1 is 1.56 bits per heavy atom. The predicted molar refractivity (Wildman–Crippen MR) is 74.0 cm³/mol. The molecule has 0 aliphatic heterocycles. The van der Waals surface area contributed by atoms with Crippen molar-refractivity contribution in [1.29, 1.82) is 0 Å². The number of nitrogens with zero attached hydrogens (tertiary/aromatic N) is 1. The van der Waals surface area contributed by atoms with Crippen LogP contribution >= 0.6 is 23.8 Å². The van der Waals surface area contributed by atoms with Gasteiger partial charge in [-0.15, -0.1) is 6.58 Å². The van der Waals surface area contributed by atoms with Crippen molar-refractivity contribution in [1.82, 2.24) is 9.69 Å². The van der Waals surface area contributed by atoms with Crippen molar-refractivity contribution in [3.63, 3.8) is 0 Å². The summed E-state index contributed by atoms with van der Waals surface area (Å²) >= 11 is 6.61. The largest absolute Gasteiger partial charge is 0.359 e. The first-order valence-electron chi connectivity index (χ1n) is 4.80. The normalized spacial score (nSPS) is 10.0. The Morgan fingerprint density at radius 3 is 3.25 bits per heavy atom. The molecule has 0 radical (unpaired) electrons.